The summed E-state index contributed by atoms with van der Waals surface area (Å²) in [5, 5.41) is 15.0. The van der Waals surface area contributed by atoms with Gasteiger partial charge in [-0.1, -0.05) is 18.2 Å². The Hall–Kier alpha value is -3.42. The minimum absolute atomic E-state index is 0.204. The van der Waals surface area contributed by atoms with Crippen molar-refractivity contribution in [3.8, 4) is 0 Å². The second-order valence-electron chi connectivity index (χ2n) is 6.91. The zero-order chi connectivity index (χ0) is 20.1. The minimum atomic E-state index is 0.204. The summed E-state index contributed by atoms with van der Waals surface area (Å²) in [7, 11) is 0. The molecule has 0 bridgehead atoms. The van der Waals surface area contributed by atoms with Crippen molar-refractivity contribution >= 4 is 23.2 Å². The van der Waals surface area contributed by atoms with Crippen molar-refractivity contribution in [2.24, 2.45) is 4.99 Å². The lowest BCUT2D eigenvalue weighted by Crippen LogP contribution is -2.37. The van der Waals surface area contributed by atoms with E-state index in [0.717, 1.165) is 48.2 Å². The lowest BCUT2D eigenvalue weighted by molar-refractivity contribution is -0.117. The van der Waals surface area contributed by atoms with Gasteiger partial charge in [0.15, 0.2) is 17.4 Å². The second-order valence-corrected chi connectivity index (χ2v) is 6.91. The Morgan fingerprint density at radius 1 is 1.14 bits per heavy atom. The van der Waals surface area contributed by atoms with Gasteiger partial charge in [0.1, 0.15) is 0 Å². The highest BCUT2D eigenvalue weighted by molar-refractivity contribution is 5.95. The molecule has 0 radical (unpaired) electrons. The maximum Gasteiger partial charge on any atom is 0.227 e. The summed E-state index contributed by atoms with van der Waals surface area (Å²) in [4.78, 5) is 18.4. The van der Waals surface area contributed by atoms with Crippen LogP contribution in [0.1, 0.15) is 31.2 Å². The summed E-state index contributed by atoms with van der Waals surface area (Å²) in [5.74, 6) is 1.75. The predicted molar refractivity (Wildman–Crippen MR) is 113 cm³/mol. The van der Waals surface area contributed by atoms with Crippen LogP contribution in [0.2, 0.25) is 0 Å². The molecule has 0 unspecified atom stereocenters. The first-order chi connectivity index (χ1) is 14.2. The maximum atomic E-state index is 11.9. The maximum absolute atomic E-state index is 11.9. The van der Waals surface area contributed by atoms with Crippen LogP contribution in [0.5, 0.6) is 0 Å². The van der Waals surface area contributed by atoms with E-state index in [0.29, 0.717) is 19.5 Å². The molecule has 8 nitrogen and oxygen atoms in total. The lowest BCUT2D eigenvalue weighted by atomic mass is 10.2. The highest BCUT2D eigenvalue weighted by Crippen LogP contribution is 2.21. The quantitative estimate of drug-likeness (QED) is 0.496. The number of amides is 1. The van der Waals surface area contributed by atoms with Gasteiger partial charge in [0.2, 0.25) is 5.91 Å². The number of pyridine rings is 1. The first-order valence-electron chi connectivity index (χ1n) is 9.94. The monoisotopic (exact) mass is 391 g/mol. The lowest BCUT2D eigenvalue weighted by Gasteiger charge is -2.15. The number of nitrogens with one attached hydrogen (secondary N) is 2. The number of carbonyl (C=O) groups excluding carboxylic acids is 1. The van der Waals surface area contributed by atoms with Gasteiger partial charge < -0.3 is 15.5 Å². The smallest absolute Gasteiger partial charge is 0.227 e. The van der Waals surface area contributed by atoms with Crippen molar-refractivity contribution in [2.45, 2.75) is 32.9 Å². The van der Waals surface area contributed by atoms with Crippen LogP contribution in [-0.4, -0.2) is 39.6 Å². The predicted octanol–water partition coefficient (Wildman–Crippen LogP) is 2.11. The summed E-state index contributed by atoms with van der Waals surface area (Å²) < 4.78 is 1.95. The molecule has 1 aromatic carbocycles. The Balaban J connectivity index is 1.39. The van der Waals surface area contributed by atoms with E-state index in [1.165, 1.54) is 0 Å². The van der Waals surface area contributed by atoms with E-state index in [4.69, 9.17) is 0 Å². The average Bonchev–Trinajstić information content (AvgIpc) is 3.37. The number of carbonyl (C=O) groups is 1. The molecule has 0 spiro atoms. The van der Waals surface area contributed by atoms with Crippen LogP contribution in [0, 0.1) is 0 Å². The molecule has 2 N–H and O–H groups in total. The van der Waals surface area contributed by atoms with Gasteiger partial charge >= 0.3 is 0 Å². The van der Waals surface area contributed by atoms with E-state index in [9.17, 15) is 4.79 Å². The van der Waals surface area contributed by atoms with Crippen molar-refractivity contribution in [1.29, 1.82) is 0 Å². The van der Waals surface area contributed by atoms with Gasteiger partial charge in [-0.25, -0.2) is 4.99 Å². The third kappa shape index (κ3) is 4.37. The van der Waals surface area contributed by atoms with Gasteiger partial charge in [-0.05, 0) is 43.2 Å². The van der Waals surface area contributed by atoms with Crippen molar-refractivity contribution in [1.82, 2.24) is 25.2 Å². The van der Waals surface area contributed by atoms with Crippen molar-refractivity contribution in [2.75, 3.05) is 18.0 Å². The summed E-state index contributed by atoms with van der Waals surface area (Å²) in [6, 6.07) is 13.9. The molecule has 1 amide bonds. The minimum Gasteiger partial charge on any atom is -0.357 e. The molecule has 29 heavy (non-hydrogen) atoms. The van der Waals surface area contributed by atoms with Crippen LogP contribution in [0.4, 0.5) is 5.69 Å². The third-order valence-corrected chi connectivity index (χ3v) is 4.88. The highest BCUT2D eigenvalue weighted by atomic mass is 16.2. The fourth-order valence-corrected chi connectivity index (χ4v) is 3.39. The first-order valence-corrected chi connectivity index (χ1v) is 9.94. The zero-order valence-electron chi connectivity index (χ0n) is 16.5. The van der Waals surface area contributed by atoms with Crippen LogP contribution < -0.4 is 15.5 Å². The molecule has 4 rings (SSSR count). The Kier molecular flexibility index (Phi) is 5.69. The van der Waals surface area contributed by atoms with Crippen LogP contribution >= 0.6 is 0 Å². The standard InChI is InChI=1S/C21H25N7O/c1-2-22-21(24-15-19-26-25-18-6-3-4-12-28(18)19)23-14-16-8-10-17(11-9-16)27-13-5-7-20(27)29/h3-4,6,8-12H,2,5,7,13-15H2,1H3,(H2,22,23,24). The normalized spacial score (nSPS) is 14.6. The molecule has 3 heterocycles. The van der Waals surface area contributed by atoms with Gasteiger partial charge in [0.25, 0.3) is 0 Å². The van der Waals surface area contributed by atoms with Crippen molar-refractivity contribution in [3.63, 3.8) is 0 Å². The number of guanidine groups is 1. The fourth-order valence-electron chi connectivity index (χ4n) is 3.39. The number of benzene rings is 1. The van der Waals surface area contributed by atoms with E-state index in [1.54, 1.807) is 0 Å². The summed E-state index contributed by atoms with van der Waals surface area (Å²) in [6.45, 7) is 4.67. The van der Waals surface area contributed by atoms with E-state index >= 15 is 0 Å². The number of fused-ring (bicyclic) bond motifs is 1. The van der Waals surface area contributed by atoms with Gasteiger partial charge in [0, 0.05) is 31.4 Å². The topological polar surface area (TPSA) is 86.9 Å². The van der Waals surface area contributed by atoms with Crippen LogP contribution in [-0.2, 0) is 17.9 Å². The second kappa shape index (κ2) is 8.72. The van der Waals surface area contributed by atoms with E-state index in [-0.39, 0.29) is 5.91 Å². The Labute approximate surface area is 169 Å². The third-order valence-electron chi connectivity index (χ3n) is 4.88. The molecule has 0 atom stereocenters. The molecule has 150 valence electrons. The molecule has 0 aliphatic carbocycles. The molecule has 1 saturated heterocycles. The van der Waals surface area contributed by atoms with E-state index in [1.807, 2.05) is 64.9 Å². The summed E-state index contributed by atoms with van der Waals surface area (Å²) in [6.07, 6.45) is 3.53. The van der Waals surface area contributed by atoms with Crippen molar-refractivity contribution < 1.29 is 4.79 Å². The first kappa shape index (κ1) is 18.9. The zero-order valence-corrected chi connectivity index (χ0v) is 16.5. The molecule has 1 fully saturated rings. The molecule has 8 heteroatoms. The molecule has 3 aromatic rings. The molecule has 0 saturated carbocycles. The Morgan fingerprint density at radius 3 is 2.76 bits per heavy atom. The summed E-state index contributed by atoms with van der Waals surface area (Å²) >= 11 is 0. The van der Waals surface area contributed by atoms with Gasteiger partial charge in [-0.3, -0.25) is 9.20 Å². The number of rotatable bonds is 6. The molecular formula is C21H25N7O. The van der Waals surface area contributed by atoms with Gasteiger partial charge in [-0.15, -0.1) is 10.2 Å². The number of hydrogen-bond acceptors (Lipinski definition) is 4. The van der Waals surface area contributed by atoms with Crippen LogP contribution in [0.15, 0.2) is 53.7 Å². The van der Waals surface area contributed by atoms with Gasteiger partial charge in [0.05, 0.1) is 13.1 Å². The number of hydrogen-bond donors (Lipinski definition) is 2. The number of anilines is 1. The molecular weight excluding hydrogens is 366 g/mol. The molecule has 1 aliphatic rings. The Morgan fingerprint density at radius 2 is 2.00 bits per heavy atom. The highest BCUT2D eigenvalue weighted by Gasteiger charge is 2.21. The average molecular weight is 391 g/mol. The van der Waals surface area contributed by atoms with Crippen LogP contribution in [0.25, 0.3) is 5.65 Å². The van der Waals surface area contributed by atoms with Crippen molar-refractivity contribution in [3.05, 3.63) is 60.0 Å². The van der Waals surface area contributed by atoms with Crippen LogP contribution in [0.3, 0.4) is 0 Å². The molecule has 2 aromatic heterocycles. The van der Waals surface area contributed by atoms with E-state index in [2.05, 4.69) is 25.8 Å². The van der Waals surface area contributed by atoms with Gasteiger partial charge in [-0.2, -0.15) is 0 Å². The number of aromatic nitrogens is 3. The largest absolute Gasteiger partial charge is 0.357 e. The van der Waals surface area contributed by atoms with E-state index < -0.39 is 0 Å². The SMILES string of the molecule is CCNC(=NCc1ccc(N2CCCC2=O)cc1)NCc1nnc2ccccn12. The Bertz CT molecular complexity index is 1010. The number of nitrogens with zero attached hydrogens (tertiary/aromatic N) is 5. The number of aliphatic imine (C=N–C) groups is 1. The summed E-state index contributed by atoms with van der Waals surface area (Å²) in [5.41, 5.74) is 2.87. The molecule has 1 aliphatic heterocycles. The fraction of sp³-hybridized carbons (Fsp3) is 0.333.